The van der Waals surface area contributed by atoms with Gasteiger partial charge >= 0.3 is 0 Å². The first-order chi connectivity index (χ1) is 36.8. The average molecular weight is 1000 g/mol. The molecule has 3 nitrogen and oxygen atoms in total. The Morgan fingerprint density at radius 2 is 0.857 bits per heavy atom. The summed E-state index contributed by atoms with van der Waals surface area (Å²) in [6, 6.07) is 79.9. The summed E-state index contributed by atoms with van der Waals surface area (Å²) in [7, 11) is 0. The third-order valence-corrected chi connectivity index (χ3v) is 17.3. The molecule has 0 bridgehead atoms. The van der Waals surface area contributed by atoms with Crippen LogP contribution in [0.25, 0.3) is 33.2 Å². The minimum atomic E-state index is -0.801. The maximum atomic E-state index is 2.67. The van der Waals surface area contributed by atoms with Crippen LogP contribution in [-0.4, -0.2) is 11.3 Å². The third kappa shape index (κ3) is 7.38. The summed E-state index contributed by atoms with van der Waals surface area (Å²) in [5.41, 5.74) is 24.2. The zero-order valence-electron chi connectivity index (χ0n) is 47.0. The van der Waals surface area contributed by atoms with Crippen molar-refractivity contribution in [1.82, 2.24) is 4.57 Å². The summed E-state index contributed by atoms with van der Waals surface area (Å²) in [6.07, 6.45) is 0. The monoisotopic (exact) mass is 1000 g/mol. The zero-order chi connectivity index (χ0) is 53.6. The van der Waals surface area contributed by atoms with E-state index >= 15 is 0 Å². The molecule has 3 heterocycles. The maximum Gasteiger partial charge on any atom is 0.249 e. The van der Waals surface area contributed by atoms with Gasteiger partial charge in [0.1, 0.15) is 0 Å². The van der Waals surface area contributed by atoms with Gasteiger partial charge in [0.25, 0.3) is 0 Å². The van der Waals surface area contributed by atoms with Gasteiger partial charge in [0.05, 0.1) is 16.4 Å². The topological polar surface area (TPSA) is 11.4 Å². The van der Waals surface area contributed by atoms with Crippen molar-refractivity contribution in [3.63, 3.8) is 0 Å². The lowest BCUT2D eigenvalue weighted by molar-refractivity contribution is 0.590. The van der Waals surface area contributed by atoms with E-state index in [0.29, 0.717) is 0 Å². The molecule has 9 aromatic carbocycles. The van der Waals surface area contributed by atoms with Crippen LogP contribution in [0.15, 0.2) is 212 Å². The summed E-state index contributed by atoms with van der Waals surface area (Å²) in [5.74, 6) is 0. The number of nitrogens with zero attached hydrogens (tertiary/aromatic N) is 3. The summed E-state index contributed by atoms with van der Waals surface area (Å²) in [5, 5.41) is 2.53. The van der Waals surface area contributed by atoms with Crippen molar-refractivity contribution in [1.29, 1.82) is 0 Å². The van der Waals surface area contributed by atoms with Crippen molar-refractivity contribution in [2.75, 3.05) is 9.80 Å². The summed E-state index contributed by atoms with van der Waals surface area (Å²) in [4.78, 5) is 5.24. The largest absolute Gasteiger partial charge is 0.311 e. The molecule has 2 aliphatic heterocycles. The Bertz CT molecular complexity index is 3950. The number of allylic oxidation sites excluding steroid dienone is 1. The number of hydrogen-bond acceptors (Lipinski definition) is 2. The van der Waals surface area contributed by atoms with Crippen LogP contribution in [0.2, 0.25) is 0 Å². The molecule has 0 atom stereocenters. The molecule has 10 aromatic rings. The number of anilines is 5. The van der Waals surface area contributed by atoms with Gasteiger partial charge in [-0.25, -0.2) is 0 Å². The van der Waals surface area contributed by atoms with E-state index in [4.69, 9.17) is 0 Å². The lowest BCUT2D eigenvalue weighted by atomic mass is 9.29. The van der Waals surface area contributed by atoms with Gasteiger partial charge in [-0.2, -0.15) is 0 Å². The number of rotatable bonds is 5. The van der Waals surface area contributed by atoms with Gasteiger partial charge in [-0.1, -0.05) is 223 Å². The van der Waals surface area contributed by atoms with Crippen LogP contribution in [0.5, 0.6) is 0 Å². The van der Waals surface area contributed by atoms with Gasteiger partial charge in [-0.05, 0) is 138 Å². The number of hydrogen-bond donors (Lipinski definition) is 0. The SMILES string of the molecule is CC(C)(C)c1ccc(N2C3=C(B4c5cc(C(C)(C)C)ccc5N(c5ccc(C(C)(C)C)cc5)c5cccc2c54)C(c2ccccc2)(c2ccccc2)c2c3ccc3c4cc(C(C)(C)C)ccc4n(-c4ccccc4)c23)cc1. The first-order valence-corrected chi connectivity index (χ1v) is 27.9. The molecule has 13 rings (SSSR count). The molecule has 4 heteroatoms. The van der Waals surface area contributed by atoms with Crippen molar-refractivity contribution >= 4 is 73.6 Å². The fourth-order valence-corrected chi connectivity index (χ4v) is 13.3. The van der Waals surface area contributed by atoms with Gasteiger partial charge in [-0.15, -0.1) is 0 Å². The molecule has 0 saturated heterocycles. The average Bonchev–Trinajstić information content (AvgIpc) is 3.57. The van der Waals surface area contributed by atoms with Gasteiger partial charge in [0.2, 0.25) is 6.71 Å². The van der Waals surface area contributed by atoms with Crippen LogP contribution >= 0.6 is 0 Å². The third-order valence-electron chi connectivity index (χ3n) is 17.3. The fourth-order valence-electron chi connectivity index (χ4n) is 13.3. The number of aromatic nitrogens is 1. The van der Waals surface area contributed by atoms with E-state index in [0.717, 1.165) is 17.1 Å². The molecule has 380 valence electrons. The summed E-state index contributed by atoms with van der Waals surface area (Å²) in [6.45, 7) is 27.8. The molecule has 77 heavy (non-hydrogen) atoms. The summed E-state index contributed by atoms with van der Waals surface area (Å²) >= 11 is 0. The van der Waals surface area contributed by atoms with Gasteiger partial charge in [0, 0.05) is 61.7 Å². The highest BCUT2D eigenvalue weighted by molar-refractivity contribution is 6.96. The normalized spacial score (nSPS) is 15.0. The highest BCUT2D eigenvalue weighted by Gasteiger charge is 2.59. The van der Waals surface area contributed by atoms with E-state index in [-0.39, 0.29) is 28.4 Å². The molecule has 0 radical (unpaired) electrons. The molecule has 0 saturated carbocycles. The standard InChI is InChI=1S/C73H70BN3/c1-69(2,3)47-31-37-54(38-32-47)75-61-44-36-52(72(10,11)12)46-59(61)74-65-62(75)29-22-30-63(65)77(55-39-33-48(34-40-55)70(4,5)6)67-57-42-41-56-58-45-51(71(7,8)9)35-43-60(58)76(53-27-20-15-21-28-53)66(56)64(57)73(68(67)74,49-23-16-13-17-24-49)50-25-18-14-19-26-50/h13-46H,1-12H3. The zero-order valence-corrected chi connectivity index (χ0v) is 47.0. The first-order valence-electron chi connectivity index (χ1n) is 27.9. The fraction of sp³-hybridized carbons (Fsp3) is 0.233. The van der Waals surface area contributed by atoms with E-state index in [1.165, 1.54) is 105 Å². The molecular weight excluding hydrogens is 930 g/mol. The second-order valence-electron chi connectivity index (χ2n) is 26.2. The van der Waals surface area contributed by atoms with E-state index < -0.39 is 5.41 Å². The Balaban J connectivity index is 1.25. The van der Waals surface area contributed by atoms with E-state index in [1.807, 2.05) is 0 Å². The minimum Gasteiger partial charge on any atom is -0.311 e. The quantitative estimate of drug-likeness (QED) is 0.159. The van der Waals surface area contributed by atoms with Crippen LogP contribution in [0.1, 0.15) is 128 Å². The van der Waals surface area contributed by atoms with Crippen LogP contribution in [0.3, 0.4) is 0 Å². The Kier molecular flexibility index (Phi) is 10.8. The number of benzene rings is 9. The Morgan fingerprint density at radius 3 is 1.40 bits per heavy atom. The Labute approximate surface area is 457 Å². The van der Waals surface area contributed by atoms with E-state index in [9.17, 15) is 0 Å². The maximum absolute atomic E-state index is 2.67. The lowest BCUT2D eigenvalue weighted by Gasteiger charge is -2.47. The smallest absolute Gasteiger partial charge is 0.249 e. The van der Waals surface area contributed by atoms with Crippen LogP contribution in [0, 0.1) is 0 Å². The highest BCUT2D eigenvalue weighted by atomic mass is 15.2. The minimum absolute atomic E-state index is 0.0155. The Hall–Kier alpha value is -7.82. The molecule has 0 unspecified atom stereocenters. The van der Waals surface area contributed by atoms with Crippen molar-refractivity contribution in [2.24, 2.45) is 0 Å². The molecule has 0 fully saturated rings. The molecule has 0 amide bonds. The van der Waals surface area contributed by atoms with E-state index in [1.54, 1.807) is 0 Å². The molecular formula is C73H70BN3. The second-order valence-corrected chi connectivity index (χ2v) is 26.2. The predicted molar refractivity (Wildman–Crippen MR) is 330 cm³/mol. The highest BCUT2D eigenvalue weighted by Crippen LogP contribution is 2.63. The van der Waals surface area contributed by atoms with Gasteiger partial charge in [0.15, 0.2) is 0 Å². The van der Waals surface area contributed by atoms with Crippen LogP contribution < -0.4 is 20.7 Å². The lowest BCUT2D eigenvalue weighted by Crippen LogP contribution is -2.58. The number of fused-ring (bicyclic) bond motifs is 9. The van der Waals surface area contributed by atoms with Crippen molar-refractivity contribution < 1.29 is 0 Å². The van der Waals surface area contributed by atoms with Crippen molar-refractivity contribution in [3.05, 3.63) is 256 Å². The van der Waals surface area contributed by atoms with Crippen LogP contribution in [-0.2, 0) is 27.1 Å². The summed E-state index contributed by atoms with van der Waals surface area (Å²) < 4.78 is 2.60. The second kappa shape index (κ2) is 17.1. The van der Waals surface area contributed by atoms with Gasteiger partial charge < -0.3 is 14.4 Å². The van der Waals surface area contributed by atoms with Crippen LogP contribution in [0.4, 0.5) is 28.4 Å². The van der Waals surface area contributed by atoms with Crippen molar-refractivity contribution in [2.45, 2.75) is 110 Å². The number of para-hydroxylation sites is 1. The molecule has 1 aromatic heterocycles. The van der Waals surface area contributed by atoms with Crippen molar-refractivity contribution in [3.8, 4) is 5.69 Å². The van der Waals surface area contributed by atoms with E-state index in [2.05, 4.69) is 304 Å². The molecule has 0 spiro atoms. The first kappa shape index (κ1) is 48.8. The molecule has 3 aliphatic rings. The predicted octanol–water partition coefficient (Wildman–Crippen LogP) is 17.8. The molecule has 0 N–H and O–H groups in total. The Morgan fingerprint density at radius 1 is 0.377 bits per heavy atom. The molecule has 1 aliphatic carbocycles. The van der Waals surface area contributed by atoms with Gasteiger partial charge in [-0.3, -0.25) is 0 Å².